The van der Waals surface area contributed by atoms with Crippen molar-refractivity contribution in [3.63, 3.8) is 0 Å². The molecular formula is C16H23N3. The van der Waals surface area contributed by atoms with Crippen LogP contribution in [0.5, 0.6) is 0 Å². The Hall–Kier alpha value is -1.61. The van der Waals surface area contributed by atoms with Gasteiger partial charge in [0, 0.05) is 17.7 Å². The minimum Gasteiger partial charge on any atom is -0.346 e. The number of aryl methyl sites for hydroxylation is 3. The van der Waals surface area contributed by atoms with Crippen LogP contribution in [0.3, 0.4) is 0 Å². The van der Waals surface area contributed by atoms with Gasteiger partial charge in [-0.3, -0.25) is 0 Å². The van der Waals surface area contributed by atoms with Gasteiger partial charge in [0.25, 0.3) is 0 Å². The average Bonchev–Trinajstić information content (AvgIpc) is 2.80. The largest absolute Gasteiger partial charge is 0.346 e. The van der Waals surface area contributed by atoms with Gasteiger partial charge < -0.3 is 10.7 Å². The molecule has 0 spiro atoms. The van der Waals surface area contributed by atoms with Crippen molar-refractivity contribution in [2.24, 2.45) is 5.73 Å². The number of rotatable bonds is 6. The van der Waals surface area contributed by atoms with Gasteiger partial charge in [-0.15, -0.1) is 0 Å². The minimum atomic E-state index is 0.755. The van der Waals surface area contributed by atoms with Crippen molar-refractivity contribution in [2.45, 2.75) is 39.5 Å². The van der Waals surface area contributed by atoms with E-state index in [-0.39, 0.29) is 0 Å². The predicted octanol–water partition coefficient (Wildman–Crippen LogP) is 3.23. The minimum absolute atomic E-state index is 0.755. The fourth-order valence-corrected chi connectivity index (χ4v) is 2.26. The Morgan fingerprint density at radius 2 is 1.89 bits per heavy atom. The van der Waals surface area contributed by atoms with Gasteiger partial charge in [-0.1, -0.05) is 31.2 Å². The summed E-state index contributed by atoms with van der Waals surface area (Å²) in [5, 5.41) is 0. The number of aromatic nitrogens is 2. The number of imidazole rings is 1. The fourth-order valence-electron chi connectivity index (χ4n) is 2.26. The SMILES string of the molecule is CCc1ccc(-c2nc(CCCCN)[nH]c2C)cc1. The summed E-state index contributed by atoms with van der Waals surface area (Å²) in [6.45, 7) is 5.01. The Morgan fingerprint density at radius 3 is 2.53 bits per heavy atom. The number of nitrogens with two attached hydrogens (primary N) is 1. The first-order valence-electron chi connectivity index (χ1n) is 7.09. The van der Waals surface area contributed by atoms with Crippen LogP contribution in [-0.4, -0.2) is 16.5 Å². The molecule has 0 bridgehead atoms. The molecule has 3 N–H and O–H groups in total. The molecular weight excluding hydrogens is 234 g/mol. The van der Waals surface area contributed by atoms with Crippen molar-refractivity contribution in [1.29, 1.82) is 0 Å². The molecule has 2 rings (SSSR count). The van der Waals surface area contributed by atoms with Gasteiger partial charge >= 0.3 is 0 Å². The molecule has 0 aliphatic rings. The molecule has 0 unspecified atom stereocenters. The Bertz CT molecular complexity index is 511. The van der Waals surface area contributed by atoms with Crippen molar-refractivity contribution in [2.75, 3.05) is 6.54 Å². The first-order valence-corrected chi connectivity index (χ1v) is 7.09. The summed E-state index contributed by atoms with van der Waals surface area (Å²) in [5.41, 5.74) is 10.3. The van der Waals surface area contributed by atoms with Crippen LogP contribution in [0, 0.1) is 6.92 Å². The third kappa shape index (κ3) is 3.44. The van der Waals surface area contributed by atoms with Gasteiger partial charge in [0.2, 0.25) is 0 Å². The third-order valence-electron chi connectivity index (χ3n) is 3.44. The first-order chi connectivity index (χ1) is 9.24. The Morgan fingerprint density at radius 1 is 1.16 bits per heavy atom. The van der Waals surface area contributed by atoms with E-state index in [1.807, 2.05) is 0 Å². The molecule has 0 amide bonds. The molecule has 3 heteroatoms. The molecule has 1 aromatic heterocycles. The smallest absolute Gasteiger partial charge is 0.106 e. The summed E-state index contributed by atoms with van der Waals surface area (Å²) in [5.74, 6) is 1.07. The van der Waals surface area contributed by atoms with E-state index in [1.54, 1.807) is 0 Å². The second-order valence-corrected chi connectivity index (χ2v) is 4.95. The molecule has 102 valence electrons. The van der Waals surface area contributed by atoms with Crippen molar-refractivity contribution in [3.8, 4) is 11.3 Å². The number of hydrogen-bond acceptors (Lipinski definition) is 2. The van der Waals surface area contributed by atoms with E-state index in [4.69, 9.17) is 10.7 Å². The molecule has 0 saturated heterocycles. The van der Waals surface area contributed by atoms with Gasteiger partial charge in [0.05, 0.1) is 5.69 Å². The molecule has 1 aromatic carbocycles. The lowest BCUT2D eigenvalue weighted by Crippen LogP contribution is -1.99. The topological polar surface area (TPSA) is 54.7 Å². The zero-order chi connectivity index (χ0) is 13.7. The maximum atomic E-state index is 5.52. The van der Waals surface area contributed by atoms with Crippen molar-refractivity contribution in [1.82, 2.24) is 9.97 Å². The van der Waals surface area contributed by atoms with Crippen LogP contribution < -0.4 is 5.73 Å². The number of nitrogens with zero attached hydrogens (tertiary/aromatic N) is 1. The van der Waals surface area contributed by atoms with Gasteiger partial charge in [-0.2, -0.15) is 0 Å². The van der Waals surface area contributed by atoms with Crippen LogP contribution in [-0.2, 0) is 12.8 Å². The molecule has 0 fully saturated rings. The van der Waals surface area contributed by atoms with Gasteiger partial charge in [0.1, 0.15) is 5.82 Å². The van der Waals surface area contributed by atoms with Crippen LogP contribution in [0.25, 0.3) is 11.3 Å². The lowest BCUT2D eigenvalue weighted by atomic mass is 10.1. The molecule has 1 heterocycles. The summed E-state index contributed by atoms with van der Waals surface area (Å²) < 4.78 is 0. The number of H-pyrrole nitrogens is 1. The number of aromatic amines is 1. The Kier molecular flexibility index (Phi) is 4.74. The summed E-state index contributed by atoms with van der Waals surface area (Å²) in [6.07, 6.45) is 4.20. The Labute approximate surface area is 115 Å². The highest BCUT2D eigenvalue weighted by molar-refractivity contribution is 5.62. The van der Waals surface area contributed by atoms with Crippen LogP contribution >= 0.6 is 0 Å². The fraction of sp³-hybridized carbons (Fsp3) is 0.438. The lowest BCUT2D eigenvalue weighted by molar-refractivity contribution is 0.722. The Balaban J connectivity index is 2.14. The zero-order valence-electron chi connectivity index (χ0n) is 11.9. The highest BCUT2D eigenvalue weighted by Crippen LogP contribution is 2.22. The molecule has 19 heavy (non-hydrogen) atoms. The van der Waals surface area contributed by atoms with E-state index in [1.165, 1.54) is 11.1 Å². The van der Waals surface area contributed by atoms with E-state index in [9.17, 15) is 0 Å². The maximum Gasteiger partial charge on any atom is 0.106 e. The third-order valence-corrected chi connectivity index (χ3v) is 3.44. The van der Waals surface area contributed by atoms with Gasteiger partial charge in [-0.25, -0.2) is 4.98 Å². The van der Waals surface area contributed by atoms with E-state index in [0.29, 0.717) is 0 Å². The van der Waals surface area contributed by atoms with Crippen LogP contribution in [0.1, 0.15) is 36.8 Å². The van der Waals surface area contributed by atoms with Crippen molar-refractivity contribution >= 4 is 0 Å². The lowest BCUT2D eigenvalue weighted by Gasteiger charge is -2.00. The van der Waals surface area contributed by atoms with Gasteiger partial charge in [0.15, 0.2) is 0 Å². The molecule has 0 saturated carbocycles. The average molecular weight is 257 g/mol. The maximum absolute atomic E-state index is 5.52. The normalized spacial score (nSPS) is 10.9. The van der Waals surface area contributed by atoms with E-state index in [0.717, 1.165) is 49.4 Å². The predicted molar refractivity (Wildman–Crippen MR) is 80.1 cm³/mol. The van der Waals surface area contributed by atoms with Crippen LogP contribution in [0.15, 0.2) is 24.3 Å². The molecule has 0 aliphatic carbocycles. The highest BCUT2D eigenvalue weighted by atomic mass is 14.9. The molecule has 3 nitrogen and oxygen atoms in total. The quantitative estimate of drug-likeness (QED) is 0.781. The molecule has 0 atom stereocenters. The zero-order valence-corrected chi connectivity index (χ0v) is 11.9. The second-order valence-electron chi connectivity index (χ2n) is 4.95. The highest BCUT2D eigenvalue weighted by Gasteiger charge is 2.08. The van der Waals surface area contributed by atoms with Gasteiger partial charge in [-0.05, 0) is 38.3 Å². The standard InChI is InChI=1S/C16H23N3/c1-3-13-7-9-14(10-8-13)16-12(2)18-15(19-16)6-4-5-11-17/h7-10H,3-6,11,17H2,1-2H3,(H,18,19). The molecule has 0 aliphatic heterocycles. The van der Waals surface area contributed by atoms with E-state index >= 15 is 0 Å². The molecule has 2 aromatic rings. The number of unbranched alkanes of at least 4 members (excludes halogenated alkanes) is 1. The summed E-state index contributed by atoms with van der Waals surface area (Å²) in [6, 6.07) is 8.67. The number of nitrogens with one attached hydrogen (secondary N) is 1. The summed E-state index contributed by atoms with van der Waals surface area (Å²) in [7, 11) is 0. The van der Waals surface area contributed by atoms with E-state index < -0.39 is 0 Å². The first kappa shape index (κ1) is 13.8. The van der Waals surface area contributed by atoms with Crippen LogP contribution in [0.2, 0.25) is 0 Å². The van der Waals surface area contributed by atoms with Crippen molar-refractivity contribution < 1.29 is 0 Å². The van der Waals surface area contributed by atoms with E-state index in [2.05, 4.69) is 43.1 Å². The number of benzene rings is 1. The summed E-state index contributed by atoms with van der Waals surface area (Å²) in [4.78, 5) is 8.09. The van der Waals surface area contributed by atoms with Crippen LogP contribution in [0.4, 0.5) is 0 Å². The molecule has 0 radical (unpaired) electrons. The number of hydrogen-bond donors (Lipinski definition) is 2. The second kappa shape index (κ2) is 6.53. The summed E-state index contributed by atoms with van der Waals surface area (Å²) >= 11 is 0. The van der Waals surface area contributed by atoms with Crippen molar-refractivity contribution in [3.05, 3.63) is 41.3 Å². The monoisotopic (exact) mass is 257 g/mol.